The maximum atomic E-state index is 5.54. The highest BCUT2D eigenvalue weighted by atomic mass is 15.1. The number of hydrogen-bond donors (Lipinski definition) is 1. The molecule has 0 spiro atoms. The van der Waals surface area contributed by atoms with Gasteiger partial charge in [0.15, 0.2) is 0 Å². The third-order valence-corrected chi connectivity index (χ3v) is 2.80. The molecule has 0 saturated heterocycles. The molecule has 1 aliphatic carbocycles. The summed E-state index contributed by atoms with van der Waals surface area (Å²) < 4.78 is 0. The Morgan fingerprint density at radius 1 is 1.50 bits per heavy atom. The van der Waals surface area contributed by atoms with Crippen molar-refractivity contribution in [2.75, 3.05) is 19.6 Å². The first-order valence-corrected chi connectivity index (χ1v) is 5.22. The van der Waals surface area contributed by atoms with Gasteiger partial charge in [0.25, 0.3) is 0 Å². The monoisotopic (exact) mass is 170 g/mol. The fraction of sp³-hybridized carbons (Fsp3) is 1.00. The van der Waals surface area contributed by atoms with Crippen LogP contribution in [0.25, 0.3) is 0 Å². The lowest BCUT2D eigenvalue weighted by molar-refractivity contribution is 0.203. The molecule has 2 nitrogen and oxygen atoms in total. The van der Waals surface area contributed by atoms with Gasteiger partial charge in [-0.25, -0.2) is 0 Å². The third-order valence-electron chi connectivity index (χ3n) is 2.80. The summed E-state index contributed by atoms with van der Waals surface area (Å²) in [5.74, 6) is 1.00. The number of nitrogens with two attached hydrogens (primary N) is 1. The highest BCUT2D eigenvalue weighted by Crippen LogP contribution is 2.30. The lowest BCUT2D eigenvalue weighted by Gasteiger charge is -2.27. The molecule has 0 aromatic heterocycles. The van der Waals surface area contributed by atoms with Crippen molar-refractivity contribution in [2.45, 2.75) is 39.2 Å². The van der Waals surface area contributed by atoms with E-state index in [0.717, 1.165) is 18.9 Å². The lowest BCUT2D eigenvalue weighted by atomic mass is 10.2. The minimum absolute atomic E-state index is 0.681. The van der Waals surface area contributed by atoms with E-state index < -0.39 is 0 Å². The Balaban J connectivity index is 2.21. The molecular weight excluding hydrogens is 148 g/mol. The molecule has 2 N–H and O–H groups in total. The largest absolute Gasteiger partial charge is 0.330 e. The predicted molar refractivity (Wildman–Crippen MR) is 53.1 cm³/mol. The van der Waals surface area contributed by atoms with Crippen LogP contribution in [-0.4, -0.2) is 30.6 Å². The van der Waals surface area contributed by atoms with Gasteiger partial charge in [0.2, 0.25) is 0 Å². The van der Waals surface area contributed by atoms with E-state index in [0.29, 0.717) is 6.04 Å². The Morgan fingerprint density at radius 3 is 2.58 bits per heavy atom. The van der Waals surface area contributed by atoms with Crippen LogP contribution in [0.5, 0.6) is 0 Å². The second-order valence-electron chi connectivity index (χ2n) is 3.96. The number of rotatable bonds is 6. The van der Waals surface area contributed by atoms with Crippen molar-refractivity contribution >= 4 is 0 Å². The first kappa shape index (κ1) is 10.0. The van der Waals surface area contributed by atoms with Crippen LogP contribution in [-0.2, 0) is 0 Å². The second-order valence-corrected chi connectivity index (χ2v) is 3.96. The summed E-state index contributed by atoms with van der Waals surface area (Å²) in [5, 5.41) is 0. The number of nitrogens with zero attached hydrogens (tertiary/aromatic N) is 1. The number of hydrogen-bond acceptors (Lipinski definition) is 2. The smallest absolute Gasteiger partial charge is 0.00789 e. The van der Waals surface area contributed by atoms with E-state index >= 15 is 0 Å². The standard InChI is InChI=1S/C10H22N2/c1-3-12(8-10-4-5-10)9(2)6-7-11/h9-10H,3-8,11H2,1-2H3. The molecule has 72 valence electrons. The topological polar surface area (TPSA) is 29.3 Å². The Morgan fingerprint density at radius 2 is 2.17 bits per heavy atom. The van der Waals surface area contributed by atoms with Gasteiger partial charge in [-0.05, 0) is 45.2 Å². The molecule has 1 rings (SSSR count). The molecule has 1 unspecified atom stereocenters. The molecule has 0 aromatic rings. The van der Waals surface area contributed by atoms with E-state index in [9.17, 15) is 0 Å². The van der Waals surface area contributed by atoms with Crippen LogP contribution in [0, 0.1) is 5.92 Å². The molecule has 2 heteroatoms. The van der Waals surface area contributed by atoms with Crippen LogP contribution in [0.15, 0.2) is 0 Å². The minimum Gasteiger partial charge on any atom is -0.330 e. The van der Waals surface area contributed by atoms with E-state index in [4.69, 9.17) is 5.73 Å². The molecule has 0 bridgehead atoms. The first-order valence-electron chi connectivity index (χ1n) is 5.22. The maximum Gasteiger partial charge on any atom is 0.00789 e. The van der Waals surface area contributed by atoms with Gasteiger partial charge in [-0.3, -0.25) is 0 Å². The van der Waals surface area contributed by atoms with Crippen molar-refractivity contribution in [1.82, 2.24) is 4.90 Å². The van der Waals surface area contributed by atoms with E-state index in [1.165, 1.54) is 25.9 Å². The summed E-state index contributed by atoms with van der Waals surface area (Å²) >= 11 is 0. The van der Waals surface area contributed by atoms with Crippen LogP contribution in [0.2, 0.25) is 0 Å². The van der Waals surface area contributed by atoms with Crippen LogP contribution in [0.3, 0.4) is 0 Å². The van der Waals surface area contributed by atoms with Gasteiger partial charge in [-0.15, -0.1) is 0 Å². The van der Waals surface area contributed by atoms with Gasteiger partial charge in [-0.1, -0.05) is 6.92 Å². The van der Waals surface area contributed by atoms with E-state index in [1.54, 1.807) is 0 Å². The predicted octanol–water partition coefficient (Wildman–Crippen LogP) is 1.46. The van der Waals surface area contributed by atoms with E-state index in [1.807, 2.05) is 0 Å². The van der Waals surface area contributed by atoms with Gasteiger partial charge < -0.3 is 10.6 Å². The van der Waals surface area contributed by atoms with Crippen molar-refractivity contribution in [2.24, 2.45) is 11.7 Å². The van der Waals surface area contributed by atoms with E-state index in [-0.39, 0.29) is 0 Å². The van der Waals surface area contributed by atoms with Crippen molar-refractivity contribution in [3.8, 4) is 0 Å². The summed E-state index contributed by atoms with van der Waals surface area (Å²) in [6.45, 7) is 7.84. The van der Waals surface area contributed by atoms with E-state index in [2.05, 4.69) is 18.7 Å². The molecule has 1 fully saturated rings. The quantitative estimate of drug-likeness (QED) is 0.654. The molecule has 0 aromatic carbocycles. The summed E-state index contributed by atoms with van der Waals surface area (Å²) in [5.41, 5.74) is 5.54. The van der Waals surface area contributed by atoms with Gasteiger partial charge in [-0.2, -0.15) is 0 Å². The molecule has 1 saturated carbocycles. The Bertz CT molecular complexity index is 121. The molecule has 1 atom stereocenters. The van der Waals surface area contributed by atoms with Gasteiger partial charge in [0.05, 0.1) is 0 Å². The molecule has 12 heavy (non-hydrogen) atoms. The Labute approximate surface area is 76.1 Å². The summed E-state index contributed by atoms with van der Waals surface area (Å²) in [6.07, 6.45) is 4.04. The fourth-order valence-corrected chi connectivity index (χ4v) is 1.68. The lowest BCUT2D eigenvalue weighted by Crippen LogP contribution is -2.36. The normalized spacial score (nSPS) is 20.0. The van der Waals surface area contributed by atoms with Gasteiger partial charge in [0.1, 0.15) is 0 Å². The fourth-order valence-electron chi connectivity index (χ4n) is 1.68. The van der Waals surface area contributed by atoms with Crippen molar-refractivity contribution < 1.29 is 0 Å². The van der Waals surface area contributed by atoms with Gasteiger partial charge in [0, 0.05) is 12.6 Å². The van der Waals surface area contributed by atoms with Crippen LogP contribution < -0.4 is 5.73 Å². The third kappa shape index (κ3) is 3.11. The molecule has 0 heterocycles. The average Bonchev–Trinajstić information content (AvgIpc) is 2.84. The maximum absolute atomic E-state index is 5.54. The summed E-state index contributed by atoms with van der Waals surface area (Å²) in [4.78, 5) is 2.56. The first-order chi connectivity index (χ1) is 5.77. The SMILES string of the molecule is CCN(CC1CC1)C(C)CCN. The molecule has 0 radical (unpaired) electrons. The zero-order chi connectivity index (χ0) is 8.97. The summed E-state index contributed by atoms with van der Waals surface area (Å²) in [7, 11) is 0. The second kappa shape index (κ2) is 4.83. The molecule has 0 aliphatic heterocycles. The van der Waals surface area contributed by atoms with Crippen LogP contribution in [0.4, 0.5) is 0 Å². The molecule has 1 aliphatic rings. The molecular formula is C10H22N2. The highest BCUT2D eigenvalue weighted by molar-refractivity contribution is 4.79. The minimum atomic E-state index is 0.681. The van der Waals surface area contributed by atoms with Crippen LogP contribution in [0.1, 0.15) is 33.1 Å². The Hall–Kier alpha value is -0.0800. The van der Waals surface area contributed by atoms with Gasteiger partial charge >= 0.3 is 0 Å². The van der Waals surface area contributed by atoms with Crippen molar-refractivity contribution in [1.29, 1.82) is 0 Å². The van der Waals surface area contributed by atoms with Crippen LogP contribution >= 0.6 is 0 Å². The zero-order valence-electron chi connectivity index (χ0n) is 8.42. The highest BCUT2D eigenvalue weighted by Gasteiger charge is 2.25. The zero-order valence-corrected chi connectivity index (χ0v) is 8.42. The molecule has 0 amide bonds. The van der Waals surface area contributed by atoms with Crippen molar-refractivity contribution in [3.05, 3.63) is 0 Å². The average molecular weight is 170 g/mol. The summed E-state index contributed by atoms with van der Waals surface area (Å²) in [6, 6.07) is 0.681. The van der Waals surface area contributed by atoms with Crippen molar-refractivity contribution in [3.63, 3.8) is 0 Å². The Kier molecular flexibility index (Phi) is 4.02.